The van der Waals surface area contributed by atoms with Crippen molar-refractivity contribution in [3.05, 3.63) is 59.4 Å². The van der Waals surface area contributed by atoms with Crippen LogP contribution in [0.1, 0.15) is 21.5 Å². The normalized spacial score (nSPS) is 15.6. The summed E-state index contributed by atoms with van der Waals surface area (Å²) in [5.74, 6) is 0.110. The van der Waals surface area contributed by atoms with Crippen LogP contribution >= 0.6 is 0 Å². The fraction of sp³-hybridized carbons (Fsp3) is 0.333. The Balaban J connectivity index is 1.57. The van der Waals surface area contributed by atoms with Gasteiger partial charge in [-0.25, -0.2) is 0 Å². The molecule has 0 spiro atoms. The molecule has 23 heavy (non-hydrogen) atoms. The summed E-state index contributed by atoms with van der Waals surface area (Å²) in [6.07, 6.45) is 3.76. The highest BCUT2D eigenvalue weighted by molar-refractivity contribution is 5.94. The van der Waals surface area contributed by atoms with Gasteiger partial charge in [-0.15, -0.1) is 0 Å². The van der Waals surface area contributed by atoms with Crippen LogP contribution < -0.4 is 0 Å². The van der Waals surface area contributed by atoms with E-state index in [1.54, 1.807) is 18.2 Å². The van der Waals surface area contributed by atoms with Crippen LogP contribution in [0.3, 0.4) is 0 Å². The first-order valence-electron chi connectivity index (χ1n) is 7.83. The molecule has 0 saturated carbocycles. The molecule has 1 aliphatic rings. The Labute approximate surface area is 136 Å². The molecule has 120 valence electrons. The Bertz CT molecular complexity index is 694. The van der Waals surface area contributed by atoms with Gasteiger partial charge in [0.25, 0.3) is 5.91 Å². The summed E-state index contributed by atoms with van der Waals surface area (Å²) < 4.78 is 0. The van der Waals surface area contributed by atoms with E-state index in [2.05, 4.69) is 16.0 Å². The van der Waals surface area contributed by atoms with Crippen LogP contribution in [0.25, 0.3) is 0 Å². The fourth-order valence-electron chi connectivity index (χ4n) is 2.89. The highest BCUT2D eigenvalue weighted by Crippen LogP contribution is 2.15. The summed E-state index contributed by atoms with van der Waals surface area (Å²) in [4.78, 5) is 20.9. The van der Waals surface area contributed by atoms with Crippen LogP contribution in [0.2, 0.25) is 0 Å². The minimum atomic E-state index is -0.0160. The Morgan fingerprint density at radius 1 is 1.17 bits per heavy atom. The van der Waals surface area contributed by atoms with Gasteiger partial charge in [0.1, 0.15) is 5.75 Å². The van der Waals surface area contributed by atoms with E-state index in [0.717, 1.165) is 19.6 Å². The lowest BCUT2D eigenvalue weighted by Gasteiger charge is -2.34. The van der Waals surface area contributed by atoms with Crippen LogP contribution in [0.5, 0.6) is 5.75 Å². The van der Waals surface area contributed by atoms with Crippen LogP contribution in [0, 0.1) is 6.92 Å². The first-order valence-corrected chi connectivity index (χ1v) is 7.83. The molecule has 0 bridgehead atoms. The van der Waals surface area contributed by atoms with Crippen LogP contribution in [-0.2, 0) is 6.54 Å². The maximum absolute atomic E-state index is 12.4. The topological polar surface area (TPSA) is 56.7 Å². The number of carbonyl (C=O) groups is 1. The number of hydrogen-bond donors (Lipinski definition) is 1. The number of piperazine rings is 1. The fourth-order valence-corrected chi connectivity index (χ4v) is 2.89. The van der Waals surface area contributed by atoms with Crippen molar-refractivity contribution in [3.63, 3.8) is 0 Å². The van der Waals surface area contributed by atoms with Crippen LogP contribution in [0.15, 0.2) is 42.7 Å². The Morgan fingerprint density at radius 3 is 2.65 bits per heavy atom. The van der Waals surface area contributed by atoms with E-state index in [-0.39, 0.29) is 11.7 Å². The molecule has 1 aliphatic heterocycles. The molecule has 1 aromatic carbocycles. The standard InChI is InChI=1S/C18H21N3O2/c1-14-9-15(12-19-11-14)13-20-5-7-21(8-6-20)18(23)16-3-2-4-17(22)10-16/h2-4,9-12,22H,5-8,13H2,1H3. The van der Waals surface area contributed by atoms with Gasteiger partial charge in [0.15, 0.2) is 0 Å². The predicted octanol–water partition coefficient (Wildman–Crippen LogP) is 2.05. The van der Waals surface area contributed by atoms with E-state index in [0.29, 0.717) is 18.7 Å². The number of phenolic OH excluding ortho intramolecular Hbond substituents is 1. The van der Waals surface area contributed by atoms with Gasteiger partial charge in [-0.2, -0.15) is 0 Å². The third-order valence-corrected chi connectivity index (χ3v) is 4.09. The molecule has 0 radical (unpaired) electrons. The number of aryl methyl sites for hydroxylation is 1. The van der Waals surface area contributed by atoms with Gasteiger partial charge in [-0.3, -0.25) is 14.7 Å². The molecular weight excluding hydrogens is 290 g/mol. The van der Waals surface area contributed by atoms with E-state index in [1.165, 1.54) is 17.2 Å². The number of carbonyl (C=O) groups excluding carboxylic acids is 1. The summed E-state index contributed by atoms with van der Waals surface area (Å²) in [6.45, 7) is 6.00. The van der Waals surface area contributed by atoms with Gasteiger partial charge in [0, 0.05) is 50.7 Å². The number of rotatable bonds is 3. The molecular formula is C18H21N3O2. The Kier molecular flexibility index (Phi) is 4.57. The summed E-state index contributed by atoms with van der Waals surface area (Å²) in [6, 6.07) is 8.69. The predicted molar refractivity (Wildman–Crippen MR) is 88.3 cm³/mol. The zero-order valence-corrected chi connectivity index (χ0v) is 13.3. The van der Waals surface area contributed by atoms with E-state index >= 15 is 0 Å². The molecule has 1 fully saturated rings. The number of hydrogen-bond acceptors (Lipinski definition) is 4. The zero-order chi connectivity index (χ0) is 16.2. The second kappa shape index (κ2) is 6.79. The lowest BCUT2D eigenvalue weighted by atomic mass is 10.1. The first kappa shape index (κ1) is 15.5. The molecule has 1 saturated heterocycles. The van der Waals surface area contributed by atoms with Crippen molar-refractivity contribution in [2.24, 2.45) is 0 Å². The van der Waals surface area contributed by atoms with Crippen molar-refractivity contribution in [1.82, 2.24) is 14.8 Å². The second-order valence-electron chi connectivity index (χ2n) is 5.99. The van der Waals surface area contributed by atoms with Crippen molar-refractivity contribution >= 4 is 5.91 Å². The third kappa shape index (κ3) is 3.87. The maximum atomic E-state index is 12.4. The van der Waals surface area contributed by atoms with E-state index in [4.69, 9.17) is 0 Å². The Hall–Kier alpha value is -2.40. The SMILES string of the molecule is Cc1cncc(CN2CCN(C(=O)c3cccc(O)c3)CC2)c1. The number of amides is 1. The van der Waals surface area contributed by atoms with Gasteiger partial charge in [0.2, 0.25) is 0 Å². The lowest BCUT2D eigenvalue weighted by molar-refractivity contribution is 0.0628. The molecule has 2 heterocycles. The minimum Gasteiger partial charge on any atom is -0.508 e. The first-order chi connectivity index (χ1) is 11.1. The van der Waals surface area contributed by atoms with Crippen molar-refractivity contribution in [2.45, 2.75) is 13.5 Å². The largest absolute Gasteiger partial charge is 0.508 e. The van der Waals surface area contributed by atoms with Gasteiger partial charge in [-0.1, -0.05) is 12.1 Å². The van der Waals surface area contributed by atoms with Crippen molar-refractivity contribution in [2.75, 3.05) is 26.2 Å². The molecule has 0 unspecified atom stereocenters. The van der Waals surface area contributed by atoms with Crippen molar-refractivity contribution in [1.29, 1.82) is 0 Å². The van der Waals surface area contributed by atoms with Gasteiger partial charge >= 0.3 is 0 Å². The van der Waals surface area contributed by atoms with Gasteiger partial charge in [-0.05, 0) is 36.2 Å². The number of pyridine rings is 1. The van der Waals surface area contributed by atoms with Gasteiger partial charge < -0.3 is 10.0 Å². The zero-order valence-electron chi connectivity index (χ0n) is 13.3. The molecule has 0 aliphatic carbocycles. The van der Waals surface area contributed by atoms with E-state index < -0.39 is 0 Å². The van der Waals surface area contributed by atoms with E-state index in [9.17, 15) is 9.90 Å². The number of aromatic nitrogens is 1. The lowest BCUT2D eigenvalue weighted by Crippen LogP contribution is -2.48. The summed E-state index contributed by atoms with van der Waals surface area (Å²) in [5, 5.41) is 9.50. The number of phenols is 1. The van der Waals surface area contributed by atoms with E-state index in [1.807, 2.05) is 24.2 Å². The number of benzene rings is 1. The molecule has 1 aromatic heterocycles. The van der Waals surface area contributed by atoms with Gasteiger partial charge in [0.05, 0.1) is 0 Å². The van der Waals surface area contributed by atoms with Crippen molar-refractivity contribution < 1.29 is 9.90 Å². The summed E-state index contributed by atoms with van der Waals surface area (Å²) >= 11 is 0. The molecule has 3 rings (SSSR count). The average Bonchev–Trinajstić information content (AvgIpc) is 2.55. The monoisotopic (exact) mass is 311 g/mol. The minimum absolute atomic E-state index is 0.0160. The highest BCUT2D eigenvalue weighted by atomic mass is 16.3. The molecule has 5 nitrogen and oxygen atoms in total. The number of aromatic hydroxyl groups is 1. The molecule has 1 amide bonds. The molecule has 0 atom stereocenters. The summed E-state index contributed by atoms with van der Waals surface area (Å²) in [5.41, 5.74) is 2.92. The Morgan fingerprint density at radius 2 is 1.96 bits per heavy atom. The smallest absolute Gasteiger partial charge is 0.254 e. The quantitative estimate of drug-likeness (QED) is 0.942. The van der Waals surface area contributed by atoms with Crippen LogP contribution in [0.4, 0.5) is 0 Å². The molecule has 1 N–H and O–H groups in total. The third-order valence-electron chi connectivity index (χ3n) is 4.09. The molecule has 5 heteroatoms. The van der Waals surface area contributed by atoms with Crippen molar-refractivity contribution in [3.8, 4) is 5.75 Å². The summed E-state index contributed by atoms with van der Waals surface area (Å²) in [7, 11) is 0. The highest BCUT2D eigenvalue weighted by Gasteiger charge is 2.22. The van der Waals surface area contributed by atoms with Crippen LogP contribution in [-0.4, -0.2) is 52.0 Å². The number of nitrogens with zero attached hydrogens (tertiary/aromatic N) is 3. The second-order valence-corrected chi connectivity index (χ2v) is 5.99. The average molecular weight is 311 g/mol. The maximum Gasteiger partial charge on any atom is 0.254 e. The molecule has 2 aromatic rings.